The number of amides is 1. The molecule has 0 spiro atoms. The summed E-state index contributed by atoms with van der Waals surface area (Å²) < 4.78 is 11.6. The maximum Gasteiger partial charge on any atom is 0.328 e. The molecule has 0 radical (unpaired) electrons. The third-order valence-electron chi connectivity index (χ3n) is 2.79. The molecule has 0 fully saturated rings. The molecule has 2 rings (SSSR count). The Morgan fingerprint density at radius 2 is 2.04 bits per heavy atom. The monoisotopic (exact) mass is 319 g/mol. The first-order valence-corrected chi connectivity index (χ1v) is 7.02. The Morgan fingerprint density at radius 3 is 2.65 bits per heavy atom. The van der Waals surface area contributed by atoms with Crippen molar-refractivity contribution in [3.05, 3.63) is 30.6 Å². The molecular weight excluding hydrogens is 302 g/mol. The smallest absolute Gasteiger partial charge is 0.328 e. The van der Waals surface area contributed by atoms with Gasteiger partial charge in [0, 0.05) is 5.69 Å². The molecule has 0 saturated carbocycles. The lowest BCUT2D eigenvalue weighted by atomic mass is 10.3. The minimum absolute atomic E-state index is 0.159. The summed E-state index contributed by atoms with van der Waals surface area (Å²) in [5.74, 6) is -0.322. The van der Waals surface area contributed by atoms with E-state index in [2.05, 4.69) is 20.8 Å². The van der Waals surface area contributed by atoms with Gasteiger partial charge in [0.1, 0.15) is 18.6 Å². The van der Waals surface area contributed by atoms with Crippen molar-refractivity contribution in [1.29, 1.82) is 0 Å². The summed E-state index contributed by atoms with van der Waals surface area (Å²) in [6, 6.07) is 6.90. The first kappa shape index (κ1) is 16.4. The second-order valence-electron chi connectivity index (χ2n) is 4.59. The van der Waals surface area contributed by atoms with Crippen LogP contribution in [0.2, 0.25) is 0 Å². The fourth-order valence-corrected chi connectivity index (χ4v) is 1.72. The number of hydrogen-bond donors (Lipinski definition) is 1. The molecule has 23 heavy (non-hydrogen) atoms. The summed E-state index contributed by atoms with van der Waals surface area (Å²) >= 11 is 0. The second-order valence-corrected chi connectivity index (χ2v) is 4.59. The van der Waals surface area contributed by atoms with Gasteiger partial charge in [-0.3, -0.25) is 9.59 Å². The molecular formula is C14H17N5O4. The number of ether oxygens (including phenoxy) is 2. The lowest BCUT2D eigenvalue weighted by Gasteiger charge is -2.13. The van der Waals surface area contributed by atoms with E-state index in [1.54, 1.807) is 24.3 Å². The first-order valence-electron chi connectivity index (χ1n) is 7.02. The summed E-state index contributed by atoms with van der Waals surface area (Å²) in [5, 5.41) is 13.0. The van der Waals surface area contributed by atoms with Crippen molar-refractivity contribution in [2.45, 2.75) is 26.5 Å². The van der Waals surface area contributed by atoms with Crippen molar-refractivity contribution in [3.63, 3.8) is 0 Å². The summed E-state index contributed by atoms with van der Waals surface area (Å²) in [7, 11) is 0. The quantitative estimate of drug-likeness (QED) is 0.746. The van der Waals surface area contributed by atoms with Crippen LogP contribution in [0.4, 0.5) is 5.69 Å². The van der Waals surface area contributed by atoms with Crippen LogP contribution in [0.5, 0.6) is 5.75 Å². The number of esters is 1. The average Bonchev–Trinajstić information content (AvgIpc) is 3.02. The number of nitrogens with one attached hydrogen (secondary N) is 1. The highest BCUT2D eigenvalue weighted by Gasteiger charge is 2.18. The van der Waals surface area contributed by atoms with Gasteiger partial charge in [-0.1, -0.05) is 0 Å². The van der Waals surface area contributed by atoms with Crippen LogP contribution in [0.15, 0.2) is 30.6 Å². The fourth-order valence-electron chi connectivity index (χ4n) is 1.72. The van der Waals surface area contributed by atoms with E-state index in [0.29, 0.717) is 18.0 Å². The summed E-state index contributed by atoms with van der Waals surface area (Å²) in [6.07, 6.45) is 0.344. The molecule has 1 N–H and O–H groups in total. The van der Waals surface area contributed by atoms with Gasteiger partial charge in [0.2, 0.25) is 0 Å². The number of carbonyl (C=O) groups excluding carboxylic acids is 2. The Bertz CT molecular complexity index is 642. The Balaban J connectivity index is 1.83. The Labute approximate surface area is 132 Å². The third-order valence-corrected chi connectivity index (χ3v) is 2.79. The minimum Gasteiger partial charge on any atom is -0.494 e. The van der Waals surface area contributed by atoms with Crippen LogP contribution in [0.25, 0.3) is 0 Å². The van der Waals surface area contributed by atoms with E-state index in [-0.39, 0.29) is 6.54 Å². The number of tetrazole rings is 1. The van der Waals surface area contributed by atoms with Crippen molar-refractivity contribution in [3.8, 4) is 5.75 Å². The van der Waals surface area contributed by atoms with Crippen molar-refractivity contribution in [2.24, 2.45) is 0 Å². The molecule has 0 aliphatic rings. The lowest BCUT2D eigenvalue weighted by molar-refractivity contribution is -0.153. The highest BCUT2D eigenvalue weighted by molar-refractivity contribution is 5.95. The number of nitrogens with zero attached hydrogens (tertiary/aromatic N) is 4. The predicted octanol–water partition coefficient (Wildman–Crippen LogP) is 0.642. The van der Waals surface area contributed by atoms with Crippen LogP contribution < -0.4 is 10.1 Å². The number of anilines is 1. The molecule has 122 valence electrons. The molecule has 0 aliphatic carbocycles. The second kappa shape index (κ2) is 7.87. The number of benzene rings is 1. The zero-order chi connectivity index (χ0) is 16.7. The van der Waals surface area contributed by atoms with E-state index in [1.807, 2.05) is 6.92 Å². The molecule has 0 aliphatic heterocycles. The molecule has 0 saturated heterocycles. The summed E-state index contributed by atoms with van der Waals surface area (Å²) in [5.41, 5.74) is 0.585. The van der Waals surface area contributed by atoms with Gasteiger partial charge in [0.05, 0.1) is 6.61 Å². The number of carbonyl (C=O) groups is 2. The third kappa shape index (κ3) is 5.06. The van der Waals surface area contributed by atoms with E-state index in [0.717, 1.165) is 0 Å². The summed E-state index contributed by atoms with van der Waals surface area (Å²) in [4.78, 5) is 23.7. The minimum atomic E-state index is -0.939. The van der Waals surface area contributed by atoms with Gasteiger partial charge in [-0.2, -0.15) is 0 Å². The van der Waals surface area contributed by atoms with Gasteiger partial charge < -0.3 is 14.8 Å². The van der Waals surface area contributed by atoms with Gasteiger partial charge in [-0.25, -0.2) is 4.68 Å². The molecule has 1 atom stereocenters. The van der Waals surface area contributed by atoms with Crippen molar-refractivity contribution in [1.82, 2.24) is 20.2 Å². The van der Waals surface area contributed by atoms with E-state index in [9.17, 15) is 9.59 Å². The van der Waals surface area contributed by atoms with Crippen LogP contribution in [0, 0.1) is 0 Å². The topological polar surface area (TPSA) is 108 Å². The molecule has 1 aromatic heterocycles. The van der Waals surface area contributed by atoms with Gasteiger partial charge in [-0.15, -0.1) is 5.10 Å². The van der Waals surface area contributed by atoms with Crippen LogP contribution in [0.1, 0.15) is 13.8 Å². The maximum atomic E-state index is 12.0. The largest absolute Gasteiger partial charge is 0.494 e. The average molecular weight is 319 g/mol. The standard InChI is InChI=1S/C14H17N5O4/c1-3-22-12-6-4-11(5-7-12)16-14(21)10(2)23-13(20)8-19-9-15-17-18-19/h4-7,9-10H,3,8H2,1-2H3,(H,16,21)/t10-/m1/s1. The Kier molecular flexibility index (Phi) is 5.61. The predicted molar refractivity (Wildman–Crippen MR) is 79.6 cm³/mol. The van der Waals surface area contributed by atoms with Gasteiger partial charge in [0.15, 0.2) is 6.10 Å². The number of aromatic nitrogens is 4. The van der Waals surface area contributed by atoms with Crippen molar-refractivity contribution < 1.29 is 19.1 Å². The Morgan fingerprint density at radius 1 is 1.30 bits per heavy atom. The van der Waals surface area contributed by atoms with Crippen LogP contribution >= 0.6 is 0 Å². The number of hydrogen-bond acceptors (Lipinski definition) is 7. The van der Waals surface area contributed by atoms with Gasteiger partial charge in [0.25, 0.3) is 5.91 Å². The van der Waals surface area contributed by atoms with E-state index in [4.69, 9.17) is 9.47 Å². The van der Waals surface area contributed by atoms with E-state index in [1.165, 1.54) is 17.9 Å². The number of rotatable bonds is 7. The molecule has 1 aromatic carbocycles. The zero-order valence-corrected chi connectivity index (χ0v) is 12.8. The van der Waals surface area contributed by atoms with E-state index >= 15 is 0 Å². The summed E-state index contributed by atoms with van der Waals surface area (Å²) in [6.45, 7) is 3.79. The lowest BCUT2D eigenvalue weighted by Crippen LogP contribution is -2.31. The van der Waals surface area contributed by atoms with Crippen LogP contribution in [-0.4, -0.2) is 44.8 Å². The Hall–Kier alpha value is -2.97. The fraction of sp³-hybridized carbons (Fsp3) is 0.357. The first-order chi connectivity index (χ1) is 11.1. The molecule has 2 aromatic rings. The van der Waals surface area contributed by atoms with Gasteiger partial charge in [-0.05, 0) is 48.5 Å². The maximum absolute atomic E-state index is 12.0. The molecule has 9 heteroatoms. The SMILES string of the molecule is CCOc1ccc(NC(=O)[C@@H](C)OC(=O)Cn2cnnn2)cc1. The van der Waals surface area contributed by atoms with Crippen LogP contribution in [0.3, 0.4) is 0 Å². The molecule has 0 unspecified atom stereocenters. The van der Waals surface area contributed by atoms with Crippen molar-refractivity contribution in [2.75, 3.05) is 11.9 Å². The normalized spacial score (nSPS) is 11.6. The highest BCUT2D eigenvalue weighted by atomic mass is 16.5. The molecule has 9 nitrogen and oxygen atoms in total. The zero-order valence-electron chi connectivity index (χ0n) is 12.8. The van der Waals surface area contributed by atoms with E-state index < -0.39 is 18.0 Å². The molecule has 1 heterocycles. The molecule has 1 amide bonds. The van der Waals surface area contributed by atoms with Crippen molar-refractivity contribution >= 4 is 17.6 Å². The van der Waals surface area contributed by atoms with Crippen LogP contribution in [-0.2, 0) is 20.9 Å². The molecule has 0 bridgehead atoms. The van der Waals surface area contributed by atoms with Gasteiger partial charge >= 0.3 is 5.97 Å². The highest BCUT2D eigenvalue weighted by Crippen LogP contribution is 2.16.